The highest BCUT2D eigenvalue weighted by atomic mass is 79.9. The van der Waals surface area contributed by atoms with E-state index in [2.05, 4.69) is 40.3 Å². The molecule has 1 saturated carbocycles. The number of rotatable bonds is 5. The quantitative estimate of drug-likeness (QED) is 0.853. The van der Waals surface area contributed by atoms with Crippen LogP contribution in [0.3, 0.4) is 0 Å². The summed E-state index contributed by atoms with van der Waals surface area (Å²) < 4.78 is 12.3. The number of benzene rings is 1. The van der Waals surface area contributed by atoms with E-state index in [1.807, 2.05) is 18.2 Å². The summed E-state index contributed by atoms with van der Waals surface area (Å²) in [5, 5.41) is 3.36. The molecule has 3 nitrogen and oxygen atoms in total. The summed E-state index contributed by atoms with van der Waals surface area (Å²) in [5.74, 6) is 4.31. The second-order valence-corrected chi connectivity index (χ2v) is 6.24. The summed E-state index contributed by atoms with van der Waals surface area (Å²) in [5.41, 5.74) is 0.958. The topological polar surface area (TPSA) is 34.4 Å². The molecule has 1 N–H and O–H groups in total. The molecule has 1 aliphatic carbocycles. The van der Waals surface area contributed by atoms with Gasteiger partial charge in [-0.15, -0.1) is 0 Å². The zero-order chi connectivity index (χ0) is 14.1. The summed E-state index contributed by atoms with van der Waals surface area (Å²) in [7, 11) is 1.67. The normalized spacial score (nSPS) is 20.8. The molecule has 1 aromatic heterocycles. The largest absolute Gasteiger partial charge is 0.495 e. The molecule has 0 amide bonds. The van der Waals surface area contributed by atoms with E-state index in [1.165, 1.54) is 6.42 Å². The number of anilines is 1. The van der Waals surface area contributed by atoms with E-state index in [0.717, 1.165) is 33.3 Å². The summed E-state index contributed by atoms with van der Waals surface area (Å²) >= 11 is 3.47. The maximum absolute atomic E-state index is 5.89. The Morgan fingerprint density at radius 3 is 2.85 bits per heavy atom. The molecule has 3 rings (SSSR count). The van der Waals surface area contributed by atoms with Crippen LogP contribution in [0.2, 0.25) is 0 Å². The smallest absolute Gasteiger partial charge is 0.142 e. The number of hydrogen-bond acceptors (Lipinski definition) is 3. The fourth-order valence-corrected chi connectivity index (χ4v) is 2.77. The third-order valence-electron chi connectivity index (χ3n) is 3.77. The molecule has 2 unspecified atom stereocenters. The molecule has 0 bridgehead atoms. The van der Waals surface area contributed by atoms with E-state index < -0.39 is 0 Å². The summed E-state index contributed by atoms with van der Waals surface area (Å²) in [6.45, 7) is 2.92. The molecule has 106 valence electrons. The van der Waals surface area contributed by atoms with Crippen LogP contribution in [0.5, 0.6) is 5.75 Å². The van der Waals surface area contributed by atoms with Crippen LogP contribution in [0.25, 0.3) is 0 Å². The van der Waals surface area contributed by atoms with Crippen LogP contribution in [0, 0.1) is 5.92 Å². The second-order valence-electron chi connectivity index (χ2n) is 5.32. The minimum absolute atomic E-state index is 0.629. The Morgan fingerprint density at radius 2 is 2.15 bits per heavy atom. The highest BCUT2D eigenvalue weighted by Gasteiger charge is 2.36. The summed E-state index contributed by atoms with van der Waals surface area (Å²) in [4.78, 5) is 0. The average molecular weight is 336 g/mol. The first-order valence-corrected chi connectivity index (χ1v) is 7.62. The van der Waals surface area contributed by atoms with Gasteiger partial charge in [0.1, 0.15) is 17.3 Å². The van der Waals surface area contributed by atoms with Crippen molar-refractivity contribution >= 4 is 21.6 Å². The average Bonchev–Trinajstić information content (AvgIpc) is 3.00. The van der Waals surface area contributed by atoms with E-state index >= 15 is 0 Å². The fourth-order valence-electron chi connectivity index (χ4n) is 2.41. The zero-order valence-corrected chi connectivity index (χ0v) is 13.2. The van der Waals surface area contributed by atoms with Gasteiger partial charge in [0.2, 0.25) is 0 Å². The van der Waals surface area contributed by atoms with Gasteiger partial charge >= 0.3 is 0 Å². The third kappa shape index (κ3) is 2.85. The fraction of sp³-hybridized carbons (Fsp3) is 0.375. The van der Waals surface area contributed by atoms with Crippen molar-refractivity contribution in [3.8, 4) is 5.75 Å². The number of halogens is 1. The molecule has 0 spiro atoms. The Hall–Kier alpha value is -1.42. The molecule has 0 saturated heterocycles. The van der Waals surface area contributed by atoms with E-state index in [9.17, 15) is 0 Å². The van der Waals surface area contributed by atoms with Crippen molar-refractivity contribution in [2.75, 3.05) is 12.4 Å². The molecule has 1 aromatic carbocycles. The number of methoxy groups -OCH3 is 1. The maximum atomic E-state index is 5.89. The van der Waals surface area contributed by atoms with Crippen LogP contribution in [0.15, 0.2) is 39.2 Å². The van der Waals surface area contributed by atoms with Crippen molar-refractivity contribution in [1.82, 2.24) is 0 Å². The first kappa shape index (κ1) is 13.6. The van der Waals surface area contributed by atoms with E-state index in [1.54, 1.807) is 7.11 Å². The summed E-state index contributed by atoms with van der Waals surface area (Å²) in [6.07, 6.45) is 1.25. The van der Waals surface area contributed by atoms with Crippen molar-refractivity contribution in [3.63, 3.8) is 0 Å². The van der Waals surface area contributed by atoms with Crippen molar-refractivity contribution in [3.05, 3.63) is 46.3 Å². The number of ether oxygens (including phenoxy) is 1. The van der Waals surface area contributed by atoms with Crippen LogP contribution in [0.1, 0.15) is 30.8 Å². The Labute approximate surface area is 127 Å². The van der Waals surface area contributed by atoms with Gasteiger partial charge in [-0.2, -0.15) is 0 Å². The Kier molecular flexibility index (Phi) is 3.74. The number of hydrogen-bond donors (Lipinski definition) is 1. The monoisotopic (exact) mass is 335 g/mol. The Bertz CT molecular complexity index is 608. The van der Waals surface area contributed by atoms with Gasteiger partial charge < -0.3 is 14.5 Å². The molecule has 2 atom stereocenters. The second kappa shape index (κ2) is 5.52. The Balaban J connectivity index is 1.67. The molecule has 2 aromatic rings. The van der Waals surface area contributed by atoms with Crippen LogP contribution < -0.4 is 10.1 Å². The molecule has 20 heavy (non-hydrogen) atoms. The van der Waals surface area contributed by atoms with Crippen LogP contribution in [-0.4, -0.2) is 7.11 Å². The summed E-state index contributed by atoms with van der Waals surface area (Å²) in [6, 6.07) is 10.1. The van der Waals surface area contributed by atoms with E-state index in [-0.39, 0.29) is 0 Å². The molecule has 1 aliphatic rings. The van der Waals surface area contributed by atoms with Gasteiger partial charge in [0.05, 0.1) is 19.3 Å². The molecule has 0 aliphatic heterocycles. The number of nitrogens with one attached hydrogen (secondary N) is 1. The maximum Gasteiger partial charge on any atom is 0.142 e. The Morgan fingerprint density at radius 1 is 1.35 bits per heavy atom. The first-order chi connectivity index (χ1) is 9.67. The molecule has 1 fully saturated rings. The van der Waals surface area contributed by atoms with Gasteiger partial charge in [-0.3, -0.25) is 0 Å². The highest BCUT2D eigenvalue weighted by molar-refractivity contribution is 9.10. The molecular formula is C16H18BrNO2. The van der Waals surface area contributed by atoms with Crippen LogP contribution >= 0.6 is 15.9 Å². The van der Waals surface area contributed by atoms with E-state index in [4.69, 9.17) is 9.15 Å². The zero-order valence-electron chi connectivity index (χ0n) is 11.7. The predicted molar refractivity (Wildman–Crippen MR) is 83.3 cm³/mol. The van der Waals surface area contributed by atoms with Crippen LogP contribution in [-0.2, 0) is 6.54 Å². The van der Waals surface area contributed by atoms with E-state index in [0.29, 0.717) is 12.5 Å². The van der Waals surface area contributed by atoms with Gasteiger partial charge in [-0.25, -0.2) is 0 Å². The van der Waals surface area contributed by atoms with Crippen molar-refractivity contribution < 1.29 is 9.15 Å². The standard InChI is InChI=1S/C16H18BrNO2/c1-10-7-13(10)15-6-4-12(20-15)9-18-14-8-11(17)3-5-16(14)19-2/h3-6,8,10,13,18H,7,9H2,1-2H3. The predicted octanol–water partition coefficient (Wildman–Crippen LogP) is 4.79. The SMILES string of the molecule is COc1ccc(Br)cc1NCc1ccc(C2CC2C)o1. The minimum Gasteiger partial charge on any atom is -0.495 e. The molecule has 4 heteroatoms. The first-order valence-electron chi connectivity index (χ1n) is 6.83. The van der Waals surface area contributed by atoms with Crippen molar-refractivity contribution in [2.45, 2.75) is 25.8 Å². The van der Waals surface area contributed by atoms with Gasteiger partial charge in [-0.05, 0) is 42.7 Å². The lowest BCUT2D eigenvalue weighted by Crippen LogP contribution is -2.00. The molecular weight excluding hydrogens is 318 g/mol. The van der Waals surface area contributed by atoms with Gasteiger partial charge in [0.25, 0.3) is 0 Å². The lowest BCUT2D eigenvalue weighted by Gasteiger charge is -2.10. The minimum atomic E-state index is 0.629. The number of furan rings is 1. The molecule has 1 heterocycles. The third-order valence-corrected chi connectivity index (χ3v) is 4.27. The van der Waals surface area contributed by atoms with Crippen molar-refractivity contribution in [2.24, 2.45) is 5.92 Å². The highest BCUT2D eigenvalue weighted by Crippen LogP contribution is 2.47. The van der Waals surface area contributed by atoms with Gasteiger partial charge in [0, 0.05) is 10.4 Å². The van der Waals surface area contributed by atoms with Gasteiger partial charge in [-0.1, -0.05) is 22.9 Å². The molecule has 0 radical (unpaired) electrons. The lowest BCUT2D eigenvalue weighted by molar-refractivity contribution is 0.416. The lowest BCUT2D eigenvalue weighted by atomic mass is 10.2. The van der Waals surface area contributed by atoms with Crippen molar-refractivity contribution in [1.29, 1.82) is 0 Å². The van der Waals surface area contributed by atoms with Gasteiger partial charge in [0.15, 0.2) is 0 Å². The van der Waals surface area contributed by atoms with Crippen LogP contribution in [0.4, 0.5) is 5.69 Å².